The van der Waals surface area contributed by atoms with Crippen molar-refractivity contribution in [3.63, 3.8) is 0 Å². The fraction of sp³-hybridized carbons (Fsp3) is 0.645. The number of fused-ring (bicyclic) bond motifs is 1. The van der Waals surface area contributed by atoms with Gasteiger partial charge in [-0.05, 0) is 30.9 Å². The molecular formula is C31H46N6O7. The first kappa shape index (κ1) is 33.2. The molecule has 2 heterocycles. The van der Waals surface area contributed by atoms with E-state index in [1.165, 1.54) is 0 Å². The van der Waals surface area contributed by atoms with Gasteiger partial charge in [-0.25, -0.2) is 0 Å². The fourth-order valence-corrected chi connectivity index (χ4v) is 5.84. The lowest BCUT2D eigenvalue weighted by Crippen LogP contribution is -2.64. The van der Waals surface area contributed by atoms with Crippen LogP contribution in [0.4, 0.5) is 0 Å². The van der Waals surface area contributed by atoms with Gasteiger partial charge in [-0.1, -0.05) is 45.2 Å². The van der Waals surface area contributed by atoms with Gasteiger partial charge in [-0.3, -0.25) is 28.9 Å². The Morgan fingerprint density at radius 3 is 2.48 bits per heavy atom. The lowest BCUT2D eigenvalue weighted by Gasteiger charge is -2.38. The van der Waals surface area contributed by atoms with Gasteiger partial charge in [-0.15, -0.1) is 0 Å². The van der Waals surface area contributed by atoms with E-state index in [-0.39, 0.29) is 42.7 Å². The SMILES string of the molecule is CC(C)[C@H]1NC(=O)C2(CCCCC2)NC(=O)C[C@@H](C(=O)NCCN2CCOCC2)NC(=O)c2ccccc2OCCNC1=O. The van der Waals surface area contributed by atoms with Crippen LogP contribution in [0.3, 0.4) is 0 Å². The maximum atomic E-state index is 13.8. The number of hydrogen-bond donors (Lipinski definition) is 5. The van der Waals surface area contributed by atoms with Crippen LogP contribution in [0.15, 0.2) is 24.3 Å². The molecule has 5 N–H and O–H groups in total. The highest BCUT2D eigenvalue weighted by atomic mass is 16.5. The zero-order valence-corrected chi connectivity index (χ0v) is 25.7. The number of carbonyl (C=O) groups is 5. The van der Waals surface area contributed by atoms with Gasteiger partial charge in [0.1, 0.15) is 30.0 Å². The fourth-order valence-electron chi connectivity index (χ4n) is 5.84. The number of hydrogen-bond acceptors (Lipinski definition) is 8. The van der Waals surface area contributed by atoms with Crippen molar-refractivity contribution < 1.29 is 33.4 Å². The summed E-state index contributed by atoms with van der Waals surface area (Å²) < 4.78 is 11.2. The van der Waals surface area contributed by atoms with Crippen LogP contribution in [0.1, 0.15) is 62.7 Å². The average molecular weight is 615 g/mol. The van der Waals surface area contributed by atoms with Crippen molar-refractivity contribution in [2.24, 2.45) is 5.92 Å². The minimum atomic E-state index is -1.23. The predicted octanol–water partition coefficient (Wildman–Crippen LogP) is 0.0920. The van der Waals surface area contributed by atoms with Gasteiger partial charge < -0.3 is 36.1 Å². The topological polar surface area (TPSA) is 167 Å². The van der Waals surface area contributed by atoms with E-state index in [9.17, 15) is 24.0 Å². The summed E-state index contributed by atoms with van der Waals surface area (Å²) in [6.07, 6.45) is 2.80. The average Bonchev–Trinajstić information content (AvgIpc) is 3.01. The van der Waals surface area contributed by atoms with Crippen molar-refractivity contribution in [3.8, 4) is 5.75 Å². The lowest BCUT2D eigenvalue weighted by molar-refractivity contribution is -0.138. The first-order chi connectivity index (χ1) is 21.2. The Morgan fingerprint density at radius 1 is 1.02 bits per heavy atom. The van der Waals surface area contributed by atoms with Gasteiger partial charge in [0.15, 0.2) is 0 Å². The Labute approximate surface area is 258 Å². The molecule has 4 rings (SSSR count). The van der Waals surface area contributed by atoms with Crippen LogP contribution in [0.25, 0.3) is 0 Å². The van der Waals surface area contributed by atoms with E-state index in [4.69, 9.17) is 9.47 Å². The number of carbonyl (C=O) groups excluding carboxylic acids is 5. The molecule has 44 heavy (non-hydrogen) atoms. The van der Waals surface area contributed by atoms with Gasteiger partial charge in [0, 0.05) is 26.2 Å². The minimum Gasteiger partial charge on any atom is -0.491 e. The van der Waals surface area contributed by atoms with E-state index in [0.717, 1.165) is 32.4 Å². The highest BCUT2D eigenvalue weighted by molar-refractivity contribution is 6.01. The van der Waals surface area contributed by atoms with Gasteiger partial charge >= 0.3 is 0 Å². The van der Waals surface area contributed by atoms with Crippen LogP contribution >= 0.6 is 0 Å². The van der Waals surface area contributed by atoms with E-state index in [1.807, 2.05) is 13.8 Å². The number of amides is 5. The molecule has 1 spiro atoms. The van der Waals surface area contributed by atoms with Crippen LogP contribution in [0.2, 0.25) is 0 Å². The summed E-state index contributed by atoms with van der Waals surface area (Å²) >= 11 is 0. The van der Waals surface area contributed by atoms with E-state index < -0.39 is 41.3 Å². The van der Waals surface area contributed by atoms with E-state index >= 15 is 0 Å². The van der Waals surface area contributed by atoms with Crippen molar-refractivity contribution in [2.75, 3.05) is 52.5 Å². The molecule has 2 atom stereocenters. The summed E-state index contributed by atoms with van der Waals surface area (Å²) in [6.45, 7) is 7.61. The van der Waals surface area contributed by atoms with Crippen molar-refractivity contribution in [1.29, 1.82) is 0 Å². The third-order valence-electron chi connectivity index (χ3n) is 8.39. The zero-order valence-electron chi connectivity index (χ0n) is 25.7. The molecule has 13 heteroatoms. The Morgan fingerprint density at radius 2 is 1.75 bits per heavy atom. The van der Waals surface area contributed by atoms with Crippen LogP contribution < -0.4 is 31.3 Å². The Bertz CT molecular complexity index is 1180. The standard InChI is InChI=1S/C31H46N6O7/c1-21(2)26-29(41)33-13-17-44-24-9-5-4-8-22(24)27(39)34-23(28(40)32-12-14-37-15-18-43-19-16-37)20-25(38)36-31(30(42)35-26)10-6-3-7-11-31/h4-5,8-9,21,23,26H,3,6-7,10-20H2,1-2H3,(H,32,40)(H,33,41)(H,34,39)(H,35,42)(H,36,38)/t23-,26+/m0/s1. The third-order valence-corrected chi connectivity index (χ3v) is 8.39. The summed E-state index contributed by atoms with van der Waals surface area (Å²) in [4.78, 5) is 69.5. The number of benzene rings is 1. The highest BCUT2D eigenvalue weighted by Crippen LogP contribution is 2.29. The van der Waals surface area contributed by atoms with Gasteiger partial charge in [0.25, 0.3) is 5.91 Å². The molecule has 0 unspecified atom stereocenters. The van der Waals surface area contributed by atoms with E-state index in [1.54, 1.807) is 24.3 Å². The molecule has 1 saturated heterocycles. The third kappa shape index (κ3) is 8.91. The zero-order chi connectivity index (χ0) is 31.5. The number of nitrogens with zero attached hydrogens (tertiary/aromatic N) is 1. The summed E-state index contributed by atoms with van der Waals surface area (Å²) in [7, 11) is 0. The molecule has 242 valence electrons. The molecular weight excluding hydrogens is 568 g/mol. The smallest absolute Gasteiger partial charge is 0.255 e. The summed E-state index contributed by atoms with van der Waals surface area (Å²) in [5, 5.41) is 14.2. The molecule has 1 aromatic carbocycles. The monoisotopic (exact) mass is 614 g/mol. The van der Waals surface area contributed by atoms with Crippen LogP contribution in [-0.2, 0) is 23.9 Å². The molecule has 0 aromatic heterocycles. The second-order valence-electron chi connectivity index (χ2n) is 12.0. The molecule has 2 aliphatic heterocycles. The molecule has 0 radical (unpaired) electrons. The molecule has 3 aliphatic rings. The molecule has 1 aliphatic carbocycles. The quantitative estimate of drug-likeness (QED) is 0.311. The largest absolute Gasteiger partial charge is 0.491 e. The maximum absolute atomic E-state index is 13.8. The minimum absolute atomic E-state index is 0.0736. The Hall–Kier alpha value is -3.71. The van der Waals surface area contributed by atoms with Crippen molar-refractivity contribution in [1.82, 2.24) is 31.5 Å². The highest BCUT2D eigenvalue weighted by Gasteiger charge is 2.43. The number of rotatable bonds is 5. The van der Waals surface area contributed by atoms with Gasteiger partial charge in [0.05, 0.1) is 31.7 Å². The number of para-hydroxylation sites is 1. The molecule has 1 saturated carbocycles. The van der Waals surface area contributed by atoms with E-state index in [2.05, 4.69) is 31.5 Å². The van der Waals surface area contributed by atoms with E-state index in [0.29, 0.717) is 39.1 Å². The molecule has 0 bridgehead atoms. The van der Waals surface area contributed by atoms with Crippen molar-refractivity contribution in [2.45, 2.75) is 70.0 Å². The summed E-state index contributed by atoms with van der Waals surface area (Å²) in [5.74, 6) is -2.37. The first-order valence-electron chi connectivity index (χ1n) is 15.7. The van der Waals surface area contributed by atoms with Gasteiger partial charge in [-0.2, -0.15) is 0 Å². The predicted molar refractivity (Wildman–Crippen MR) is 162 cm³/mol. The van der Waals surface area contributed by atoms with Crippen molar-refractivity contribution in [3.05, 3.63) is 29.8 Å². The number of morpholine rings is 1. The van der Waals surface area contributed by atoms with Crippen LogP contribution in [-0.4, -0.2) is 105 Å². The van der Waals surface area contributed by atoms with Crippen molar-refractivity contribution >= 4 is 29.5 Å². The maximum Gasteiger partial charge on any atom is 0.255 e. The molecule has 13 nitrogen and oxygen atoms in total. The molecule has 5 amide bonds. The Balaban J connectivity index is 1.58. The second kappa shape index (κ2) is 15.8. The summed E-state index contributed by atoms with van der Waals surface area (Å²) in [5.41, 5.74) is -1.04. The van der Waals surface area contributed by atoms with Gasteiger partial charge in [0.2, 0.25) is 23.6 Å². The molecule has 1 aromatic rings. The van der Waals surface area contributed by atoms with Crippen LogP contribution in [0, 0.1) is 5.92 Å². The first-order valence-corrected chi connectivity index (χ1v) is 15.7. The number of nitrogens with one attached hydrogen (secondary N) is 5. The summed E-state index contributed by atoms with van der Waals surface area (Å²) in [6, 6.07) is 4.55. The normalized spacial score (nSPS) is 24.2. The Kier molecular flexibility index (Phi) is 12.0. The lowest BCUT2D eigenvalue weighted by atomic mass is 9.80. The number of ether oxygens (including phenoxy) is 2. The molecule has 2 fully saturated rings. The second-order valence-corrected chi connectivity index (χ2v) is 12.0. The van der Waals surface area contributed by atoms with Crippen LogP contribution in [0.5, 0.6) is 5.75 Å².